The van der Waals surface area contributed by atoms with Crippen molar-refractivity contribution >= 4 is 0 Å². The van der Waals surface area contributed by atoms with Crippen LogP contribution in [0.2, 0.25) is 0 Å². The van der Waals surface area contributed by atoms with Gasteiger partial charge in [-0.25, -0.2) is 0 Å². The Kier molecular flexibility index (Phi) is 4.98. The highest BCUT2D eigenvalue weighted by Crippen LogP contribution is 2.34. The van der Waals surface area contributed by atoms with Gasteiger partial charge in [-0.05, 0) is 44.0 Å². The first-order valence-corrected chi connectivity index (χ1v) is 7.14. The first-order valence-electron chi connectivity index (χ1n) is 7.14. The molecule has 1 N–H and O–H groups in total. The minimum absolute atomic E-state index is 0.0361. The molecule has 21 heavy (non-hydrogen) atoms. The zero-order chi connectivity index (χ0) is 15.5. The minimum atomic E-state index is -4.12. The van der Waals surface area contributed by atoms with E-state index >= 15 is 0 Å². The predicted molar refractivity (Wildman–Crippen MR) is 73.3 cm³/mol. The lowest BCUT2D eigenvalue weighted by Gasteiger charge is -2.33. The molecule has 1 unspecified atom stereocenters. The number of nitrogens with zero attached hydrogens (tertiary/aromatic N) is 1. The Morgan fingerprint density at radius 2 is 2.14 bits per heavy atom. The number of aromatic hydroxyl groups is 1. The smallest absolute Gasteiger partial charge is 0.393 e. The van der Waals surface area contributed by atoms with Crippen molar-refractivity contribution in [2.75, 3.05) is 19.7 Å². The van der Waals surface area contributed by atoms with E-state index in [0.717, 1.165) is 5.56 Å². The van der Waals surface area contributed by atoms with Crippen LogP contribution in [0.5, 0.6) is 11.5 Å². The molecule has 1 saturated heterocycles. The van der Waals surface area contributed by atoms with E-state index in [1.54, 1.807) is 12.1 Å². The fourth-order valence-electron chi connectivity index (χ4n) is 2.65. The summed E-state index contributed by atoms with van der Waals surface area (Å²) in [4.78, 5) is 1.81. The molecule has 118 valence electrons. The number of piperidine rings is 1. The molecular formula is C15H20F3NO2. The van der Waals surface area contributed by atoms with Gasteiger partial charge in [0.05, 0.1) is 12.5 Å². The number of phenols is 1. The molecule has 1 atom stereocenters. The van der Waals surface area contributed by atoms with Crippen molar-refractivity contribution < 1.29 is 23.0 Å². The van der Waals surface area contributed by atoms with Crippen LogP contribution in [-0.4, -0.2) is 35.9 Å². The summed E-state index contributed by atoms with van der Waals surface area (Å²) in [6.07, 6.45) is -3.36. The minimum Gasteiger partial charge on any atom is -0.504 e. The molecule has 2 rings (SSSR count). The summed E-state index contributed by atoms with van der Waals surface area (Å²) in [5.41, 5.74) is 0.846. The van der Waals surface area contributed by atoms with Gasteiger partial charge in [-0.2, -0.15) is 13.2 Å². The first-order chi connectivity index (χ1) is 9.90. The topological polar surface area (TPSA) is 32.7 Å². The van der Waals surface area contributed by atoms with Gasteiger partial charge in [0, 0.05) is 13.1 Å². The van der Waals surface area contributed by atoms with Crippen molar-refractivity contribution in [1.29, 1.82) is 0 Å². The van der Waals surface area contributed by atoms with Crippen LogP contribution in [0.25, 0.3) is 0 Å². The second-order valence-corrected chi connectivity index (χ2v) is 5.35. The summed E-state index contributed by atoms with van der Waals surface area (Å²) in [5.74, 6) is -0.818. The van der Waals surface area contributed by atoms with Crippen molar-refractivity contribution in [1.82, 2.24) is 4.90 Å². The first kappa shape index (κ1) is 15.9. The largest absolute Gasteiger partial charge is 0.504 e. The maximum Gasteiger partial charge on any atom is 0.393 e. The third kappa shape index (κ3) is 4.27. The van der Waals surface area contributed by atoms with E-state index in [0.29, 0.717) is 31.9 Å². The number of rotatable bonds is 4. The molecule has 0 amide bonds. The molecule has 0 bridgehead atoms. The normalized spacial score (nSPS) is 20.5. The summed E-state index contributed by atoms with van der Waals surface area (Å²) >= 11 is 0. The highest BCUT2D eigenvalue weighted by atomic mass is 19.4. The zero-order valence-corrected chi connectivity index (χ0v) is 12.0. The Balaban J connectivity index is 2.02. The SMILES string of the molecule is CCOc1cc(CN2CCCC(C(F)(F)F)C2)ccc1O. The molecule has 1 aromatic rings. The van der Waals surface area contributed by atoms with Gasteiger partial charge in [0.25, 0.3) is 0 Å². The van der Waals surface area contributed by atoms with Crippen molar-refractivity contribution in [3.63, 3.8) is 0 Å². The fraction of sp³-hybridized carbons (Fsp3) is 0.600. The van der Waals surface area contributed by atoms with Crippen molar-refractivity contribution in [2.24, 2.45) is 5.92 Å². The van der Waals surface area contributed by atoms with E-state index in [4.69, 9.17) is 4.74 Å². The van der Waals surface area contributed by atoms with Gasteiger partial charge < -0.3 is 9.84 Å². The molecule has 1 aliphatic rings. The summed E-state index contributed by atoms with van der Waals surface area (Å²) in [6.45, 7) is 3.38. The standard InChI is InChI=1S/C15H20F3NO2/c1-2-21-14-8-11(5-6-13(14)20)9-19-7-3-4-12(10-19)15(16,17)18/h5-6,8,12,20H,2-4,7,9-10H2,1H3. The van der Waals surface area contributed by atoms with Crippen molar-refractivity contribution in [3.8, 4) is 11.5 Å². The van der Waals surface area contributed by atoms with E-state index in [1.165, 1.54) is 6.07 Å². The Labute approximate surface area is 122 Å². The lowest BCUT2D eigenvalue weighted by atomic mass is 9.97. The Morgan fingerprint density at radius 3 is 2.81 bits per heavy atom. The number of hydrogen-bond donors (Lipinski definition) is 1. The summed E-state index contributed by atoms with van der Waals surface area (Å²) < 4.78 is 43.7. The monoisotopic (exact) mass is 303 g/mol. The van der Waals surface area contributed by atoms with E-state index in [2.05, 4.69) is 0 Å². The molecule has 0 radical (unpaired) electrons. The molecule has 0 aliphatic carbocycles. The molecular weight excluding hydrogens is 283 g/mol. The lowest BCUT2D eigenvalue weighted by molar-refractivity contribution is -0.187. The molecule has 3 nitrogen and oxygen atoms in total. The second kappa shape index (κ2) is 6.56. The predicted octanol–water partition coefficient (Wildman–Crippen LogP) is 3.57. The van der Waals surface area contributed by atoms with Gasteiger partial charge in [-0.1, -0.05) is 6.07 Å². The zero-order valence-electron chi connectivity index (χ0n) is 12.0. The van der Waals surface area contributed by atoms with Crippen LogP contribution in [0.3, 0.4) is 0 Å². The van der Waals surface area contributed by atoms with Crippen LogP contribution in [0.4, 0.5) is 13.2 Å². The van der Waals surface area contributed by atoms with Crippen LogP contribution in [0.15, 0.2) is 18.2 Å². The molecule has 0 spiro atoms. The highest BCUT2D eigenvalue weighted by Gasteiger charge is 2.41. The van der Waals surface area contributed by atoms with Crippen molar-refractivity contribution in [2.45, 2.75) is 32.5 Å². The average molecular weight is 303 g/mol. The fourth-order valence-corrected chi connectivity index (χ4v) is 2.65. The van der Waals surface area contributed by atoms with Crippen LogP contribution in [-0.2, 0) is 6.54 Å². The number of hydrogen-bond acceptors (Lipinski definition) is 3. The van der Waals surface area contributed by atoms with Gasteiger partial charge in [0.1, 0.15) is 0 Å². The second-order valence-electron chi connectivity index (χ2n) is 5.35. The number of phenolic OH excluding ortho intramolecular Hbond substituents is 1. The maximum atomic E-state index is 12.8. The van der Waals surface area contributed by atoms with Crippen LogP contribution in [0, 0.1) is 5.92 Å². The Morgan fingerprint density at radius 1 is 1.38 bits per heavy atom. The molecule has 6 heteroatoms. The Bertz CT molecular complexity index is 476. The molecule has 1 aliphatic heterocycles. The molecule has 0 saturated carbocycles. The van der Waals surface area contributed by atoms with Gasteiger partial charge in [0.15, 0.2) is 11.5 Å². The summed E-state index contributed by atoms with van der Waals surface area (Å²) in [7, 11) is 0. The van der Waals surface area contributed by atoms with E-state index in [1.807, 2.05) is 11.8 Å². The van der Waals surface area contributed by atoms with Gasteiger partial charge >= 0.3 is 6.18 Å². The Hall–Kier alpha value is -1.43. The van der Waals surface area contributed by atoms with E-state index in [-0.39, 0.29) is 18.7 Å². The summed E-state index contributed by atoms with van der Waals surface area (Å²) in [6, 6.07) is 4.93. The van der Waals surface area contributed by atoms with Crippen LogP contribution >= 0.6 is 0 Å². The molecule has 1 fully saturated rings. The maximum absolute atomic E-state index is 12.8. The number of alkyl halides is 3. The van der Waals surface area contributed by atoms with E-state index in [9.17, 15) is 18.3 Å². The number of halogens is 3. The third-order valence-electron chi connectivity index (χ3n) is 3.70. The number of likely N-dealkylation sites (tertiary alicyclic amines) is 1. The van der Waals surface area contributed by atoms with Crippen molar-refractivity contribution in [3.05, 3.63) is 23.8 Å². The van der Waals surface area contributed by atoms with Gasteiger partial charge in [-0.3, -0.25) is 4.90 Å². The van der Waals surface area contributed by atoms with Gasteiger partial charge in [0.2, 0.25) is 0 Å². The molecule has 1 aromatic carbocycles. The number of benzene rings is 1. The van der Waals surface area contributed by atoms with Crippen LogP contribution in [0.1, 0.15) is 25.3 Å². The third-order valence-corrected chi connectivity index (χ3v) is 3.70. The highest BCUT2D eigenvalue weighted by molar-refractivity contribution is 5.41. The number of ether oxygens (including phenoxy) is 1. The summed E-state index contributed by atoms with van der Waals surface area (Å²) in [5, 5.41) is 9.63. The van der Waals surface area contributed by atoms with Gasteiger partial charge in [-0.15, -0.1) is 0 Å². The average Bonchev–Trinajstić information content (AvgIpc) is 2.42. The van der Waals surface area contributed by atoms with Crippen LogP contribution < -0.4 is 4.74 Å². The quantitative estimate of drug-likeness (QED) is 0.923. The van der Waals surface area contributed by atoms with E-state index < -0.39 is 12.1 Å². The molecule has 0 aromatic heterocycles. The molecule has 1 heterocycles. The lowest BCUT2D eigenvalue weighted by Crippen LogP contribution is -2.41.